The second-order valence-electron chi connectivity index (χ2n) is 5.52. The summed E-state index contributed by atoms with van der Waals surface area (Å²) in [6, 6.07) is 9.29. The normalized spacial score (nSPS) is 11.8. The Morgan fingerprint density at radius 2 is 2.08 bits per heavy atom. The topological polar surface area (TPSA) is 106 Å². The Kier molecular flexibility index (Phi) is 4.76. The van der Waals surface area contributed by atoms with Crippen molar-refractivity contribution in [3.05, 3.63) is 60.2 Å². The van der Waals surface area contributed by atoms with Gasteiger partial charge in [-0.1, -0.05) is 6.07 Å². The van der Waals surface area contributed by atoms with Gasteiger partial charge in [-0.2, -0.15) is 0 Å². The zero-order chi connectivity index (χ0) is 17.8. The molecule has 1 aromatic carbocycles. The maximum atomic E-state index is 10.6. The summed E-state index contributed by atoms with van der Waals surface area (Å²) in [4.78, 5) is 12.6. The number of ether oxygens (including phenoxy) is 1. The van der Waals surface area contributed by atoms with Crippen molar-refractivity contribution in [1.82, 2.24) is 15.0 Å². The molecule has 2 aromatic heterocycles. The number of pyridine rings is 1. The molecule has 0 fully saturated rings. The molecule has 0 saturated carbocycles. The highest BCUT2D eigenvalue weighted by Gasteiger charge is 2.17. The van der Waals surface area contributed by atoms with E-state index in [9.17, 15) is 5.11 Å². The van der Waals surface area contributed by atoms with Crippen LogP contribution in [0.3, 0.4) is 0 Å². The Hall–Kier alpha value is -3.19. The maximum absolute atomic E-state index is 10.6. The van der Waals surface area contributed by atoms with E-state index in [1.807, 2.05) is 31.2 Å². The molecule has 7 nitrogen and oxygen atoms in total. The zero-order valence-electron chi connectivity index (χ0n) is 14.0. The van der Waals surface area contributed by atoms with Gasteiger partial charge < -0.3 is 20.9 Å². The highest BCUT2D eigenvalue weighted by atomic mass is 16.5. The Labute approximate surface area is 145 Å². The van der Waals surface area contributed by atoms with Crippen LogP contribution in [-0.4, -0.2) is 27.2 Å². The fraction of sp³-hybridized carbons (Fsp3) is 0.167. The van der Waals surface area contributed by atoms with Crippen LogP contribution in [0.15, 0.2) is 48.9 Å². The summed E-state index contributed by atoms with van der Waals surface area (Å²) < 4.78 is 5.31. The van der Waals surface area contributed by atoms with Crippen molar-refractivity contribution in [3.8, 4) is 17.0 Å². The number of anilines is 2. The third-order valence-electron chi connectivity index (χ3n) is 3.69. The van der Waals surface area contributed by atoms with Gasteiger partial charge in [-0.3, -0.25) is 4.98 Å². The van der Waals surface area contributed by atoms with Crippen molar-refractivity contribution >= 4 is 11.5 Å². The largest absolute Gasteiger partial charge is 0.495 e. The smallest absolute Gasteiger partial charge is 0.171 e. The number of nitrogens with zero attached hydrogens (tertiary/aromatic N) is 3. The first-order chi connectivity index (χ1) is 12.1. The zero-order valence-corrected chi connectivity index (χ0v) is 14.0. The fourth-order valence-electron chi connectivity index (χ4n) is 2.42. The molecule has 128 valence electrons. The summed E-state index contributed by atoms with van der Waals surface area (Å²) in [5, 5.41) is 13.5. The van der Waals surface area contributed by atoms with E-state index in [4.69, 9.17) is 10.5 Å². The van der Waals surface area contributed by atoms with Gasteiger partial charge in [0.1, 0.15) is 17.3 Å². The number of nitrogen functional groups attached to an aromatic ring is 1. The average molecular weight is 337 g/mol. The molecular formula is C18H19N5O2. The van der Waals surface area contributed by atoms with Crippen LogP contribution >= 0.6 is 0 Å². The molecule has 3 rings (SSSR count). The van der Waals surface area contributed by atoms with Gasteiger partial charge in [0, 0.05) is 18.0 Å². The number of methoxy groups -OCH3 is 1. The molecule has 0 aliphatic heterocycles. The summed E-state index contributed by atoms with van der Waals surface area (Å²) in [5.74, 6) is 0.763. The van der Waals surface area contributed by atoms with Crippen LogP contribution in [0.2, 0.25) is 0 Å². The van der Waals surface area contributed by atoms with E-state index in [-0.39, 0.29) is 11.5 Å². The molecule has 4 N–H and O–H groups in total. The quantitative estimate of drug-likeness (QED) is 0.614. The van der Waals surface area contributed by atoms with Gasteiger partial charge in [-0.05, 0) is 36.8 Å². The van der Waals surface area contributed by atoms with Gasteiger partial charge in [-0.25, -0.2) is 9.97 Å². The number of rotatable bonds is 5. The minimum atomic E-state index is -1.14. The van der Waals surface area contributed by atoms with Crippen molar-refractivity contribution < 1.29 is 9.84 Å². The van der Waals surface area contributed by atoms with Crippen LogP contribution < -0.4 is 15.8 Å². The van der Waals surface area contributed by atoms with Crippen molar-refractivity contribution in [2.24, 2.45) is 0 Å². The van der Waals surface area contributed by atoms with Gasteiger partial charge in [0.2, 0.25) is 0 Å². The number of aliphatic hydroxyl groups is 1. The van der Waals surface area contributed by atoms with E-state index < -0.39 is 6.23 Å². The maximum Gasteiger partial charge on any atom is 0.171 e. The molecule has 0 aliphatic carbocycles. The minimum absolute atomic E-state index is 0.152. The number of aryl methyl sites for hydroxylation is 1. The van der Waals surface area contributed by atoms with E-state index in [1.165, 1.54) is 0 Å². The lowest BCUT2D eigenvalue weighted by Crippen LogP contribution is -2.15. The van der Waals surface area contributed by atoms with E-state index in [1.54, 1.807) is 31.8 Å². The number of benzene rings is 1. The van der Waals surface area contributed by atoms with Crippen LogP contribution in [0.25, 0.3) is 11.3 Å². The fourth-order valence-corrected chi connectivity index (χ4v) is 2.42. The molecule has 3 aromatic rings. The number of nitrogens with two attached hydrogens (primary N) is 1. The predicted octanol–water partition coefficient (Wildman–Crippen LogP) is 2.54. The first kappa shape index (κ1) is 16.7. The van der Waals surface area contributed by atoms with E-state index in [0.29, 0.717) is 17.1 Å². The molecule has 0 radical (unpaired) electrons. The second kappa shape index (κ2) is 7.14. The van der Waals surface area contributed by atoms with Gasteiger partial charge >= 0.3 is 0 Å². The highest BCUT2D eigenvalue weighted by Crippen LogP contribution is 2.29. The number of aliphatic hydroxyl groups excluding tert-OH is 1. The van der Waals surface area contributed by atoms with Crippen LogP contribution in [0.5, 0.6) is 5.75 Å². The molecular weight excluding hydrogens is 318 g/mol. The summed E-state index contributed by atoms with van der Waals surface area (Å²) >= 11 is 0. The molecule has 0 saturated heterocycles. The van der Waals surface area contributed by atoms with E-state index in [2.05, 4.69) is 20.3 Å². The molecule has 0 amide bonds. The third-order valence-corrected chi connectivity index (χ3v) is 3.69. The van der Waals surface area contributed by atoms with Crippen LogP contribution in [0, 0.1) is 6.92 Å². The number of hydrogen-bond acceptors (Lipinski definition) is 7. The van der Waals surface area contributed by atoms with Crippen molar-refractivity contribution in [3.63, 3.8) is 0 Å². The van der Waals surface area contributed by atoms with E-state index >= 15 is 0 Å². The van der Waals surface area contributed by atoms with Crippen LogP contribution in [0.4, 0.5) is 11.5 Å². The molecule has 0 aliphatic rings. The standard InChI is InChI=1S/C18H19N5O2/c1-11-5-6-15(25-2)13(8-11)23-18(24)16-17(19)21-10-14(22-16)12-4-3-7-20-9-12/h3-10,18,23-24H,1-2H3,(H2,19,21). The lowest BCUT2D eigenvalue weighted by atomic mass is 10.2. The SMILES string of the molecule is COc1ccc(C)cc1NC(O)c1nc(-c2cccnc2)cnc1N. The van der Waals surface area contributed by atoms with Gasteiger partial charge in [0.05, 0.1) is 24.7 Å². The van der Waals surface area contributed by atoms with Gasteiger partial charge in [-0.15, -0.1) is 0 Å². The van der Waals surface area contributed by atoms with E-state index in [0.717, 1.165) is 11.1 Å². The second-order valence-corrected chi connectivity index (χ2v) is 5.52. The van der Waals surface area contributed by atoms with Crippen molar-refractivity contribution in [1.29, 1.82) is 0 Å². The third kappa shape index (κ3) is 3.67. The first-order valence-corrected chi connectivity index (χ1v) is 7.70. The Balaban J connectivity index is 1.92. The molecule has 1 atom stereocenters. The monoisotopic (exact) mass is 337 g/mol. The first-order valence-electron chi connectivity index (χ1n) is 7.70. The molecule has 0 spiro atoms. The molecule has 0 bridgehead atoms. The number of nitrogens with one attached hydrogen (secondary N) is 1. The Morgan fingerprint density at radius 3 is 2.80 bits per heavy atom. The summed E-state index contributed by atoms with van der Waals surface area (Å²) in [5.41, 5.74) is 9.18. The lowest BCUT2D eigenvalue weighted by Gasteiger charge is -2.18. The summed E-state index contributed by atoms with van der Waals surface area (Å²) in [7, 11) is 1.57. The number of hydrogen-bond donors (Lipinski definition) is 3. The predicted molar refractivity (Wildman–Crippen MR) is 96.0 cm³/mol. The van der Waals surface area contributed by atoms with Gasteiger partial charge in [0.15, 0.2) is 6.23 Å². The summed E-state index contributed by atoms with van der Waals surface area (Å²) in [6.45, 7) is 1.95. The Morgan fingerprint density at radius 1 is 1.24 bits per heavy atom. The Bertz CT molecular complexity index is 871. The molecule has 2 heterocycles. The van der Waals surface area contributed by atoms with Crippen molar-refractivity contribution in [2.45, 2.75) is 13.2 Å². The molecule has 7 heteroatoms. The number of aromatic nitrogens is 3. The average Bonchev–Trinajstić information content (AvgIpc) is 2.63. The minimum Gasteiger partial charge on any atom is -0.495 e. The van der Waals surface area contributed by atoms with Crippen molar-refractivity contribution in [2.75, 3.05) is 18.2 Å². The van der Waals surface area contributed by atoms with Crippen LogP contribution in [0.1, 0.15) is 17.5 Å². The highest BCUT2D eigenvalue weighted by molar-refractivity contribution is 5.61. The lowest BCUT2D eigenvalue weighted by molar-refractivity contribution is 0.203. The van der Waals surface area contributed by atoms with Gasteiger partial charge in [0.25, 0.3) is 0 Å². The molecule has 1 unspecified atom stereocenters. The summed E-state index contributed by atoms with van der Waals surface area (Å²) in [6.07, 6.45) is 3.76. The molecule has 25 heavy (non-hydrogen) atoms. The van der Waals surface area contributed by atoms with Crippen LogP contribution in [-0.2, 0) is 0 Å².